The highest BCUT2D eigenvalue weighted by Crippen LogP contribution is 2.20. The maximum atomic E-state index is 12.1. The van der Waals surface area contributed by atoms with Crippen molar-refractivity contribution in [3.8, 4) is 5.75 Å². The zero-order valence-electron chi connectivity index (χ0n) is 14.4. The molecule has 2 rings (SSSR count). The molecule has 0 spiro atoms. The lowest BCUT2D eigenvalue weighted by molar-refractivity contribution is -0.130. The summed E-state index contributed by atoms with van der Waals surface area (Å²) in [4.78, 5) is 26.7. The molecule has 3 amide bonds. The van der Waals surface area contributed by atoms with E-state index in [1.165, 1.54) is 4.90 Å². The molecule has 0 aliphatic carbocycles. The van der Waals surface area contributed by atoms with Gasteiger partial charge in [-0.05, 0) is 31.0 Å². The molecule has 1 fully saturated rings. The monoisotopic (exact) mass is 335 g/mol. The molecule has 0 radical (unpaired) electrons. The number of β-amino-alcohol motifs (C(OH)–C–C–N with tert-alkyl or cyclic N) is 1. The normalized spacial score (nSPS) is 19.9. The molecular weight excluding hydrogens is 310 g/mol. The van der Waals surface area contributed by atoms with Gasteiger partial charge in [-0.3, -0.25) is 4.79 Å². The molecule has 132 valence electrons. The second-order valence-corrected chi connectivity index (χ2v) is 6.55. The molecule has 0 saturated carbocycles. The number of nitrogens with zero attached hydrogens (tertiary/aromatic N) is 2. The van der Waals surface area contributed by atoms with Crippen LogP contribution in [-0.4, -0.2) is 66.2 Å². The maximum absolute atomic E-state index is 12.1. The Morgan fingerprint density at radius 1 is 1.42 bits per heavy atom. The van der Waals surface area contributed by atoms with Crippen molar-refractivity contribution in [1.82, 2.24) is 15.1 Å². The third-order valence-corrected chi connectivity index (χ3v) is 3.94. The first-order valence-corrected chi connectivity index (χ1v) is 7.94. The van der Waals surface area contributed by atoms with Crippen LogP contribution in [0.3, 0.4) is 0 Å². The number of ether oxygens (including phenoxy) is 1. The summed E-state index contributed by atoms with van der Waals surface area (Å²) in [5.74, 6) is 0.468. The Hall–Kier alpha value is -2.28. The number of likely N-dealkylation sites (tertiary alicyclic amines) is 1. The van der Waals surface area contributed by atoms with Gasteiger partial charge in [0.15, 0.2) is 6.61 Å². The fourth-order valence-corrected chi connectivity index (χ4v) is 2.43. The lowest BCUT2D eigenvalue weighted by atomic mass is 10.1. The highest BCUT2D eigenvalue weighted by molar-refractivity contribution is 5.77. The number of amides is 3. The number of rotatable bonds is 5. The Kier molecular flexibility index (Phi) is 5.66. The van der Waals surface area contributed by atoms with Gasteiger partial charge in [0.2, 0.25) is 0 Å². The molecule has 1 aliphatic rings. The first-order valence-electron chi connectivity index (χ1n) is 7.94. The van der Waals surface area contributed by atoms with Gasteiger partial charge < -0.3 is 25.0 Å². The van der Waals surface area contributed by atoms with E-state index in [1.54, 1.807) is 38.1 Å². The number of aliphatic hydroxyl groups is 1. The summed E-state index contributed by atoms with van der Waals surface area (Å²) in [6, 6.07) is 7.07. The third-order valence-electron chi connectivity index (χ3n) is 3.94. The van der Waals surface area contributed by atoms with Crippen molar-refractivity contribution in [2.45, 2.75) is 25.5 Å². The predicted octanol–water partition coefficient (Wildman–Crippen LogP) is 0.820. The Morgan fingerprint density at radius 2 is 2.17 bits per heavy atom. The van der Waals surface area contributed by atoms with Crippen LogP contribution < -0.4 is 10.1 Å². The van der Waals surface area contributed by atoms with Crippen molar-refractivity contribution < 1.29 is 19.4 Å². The van der Waals surface area contributed by atoms with E-state index < -0.39 is 5.60 Å². The van der Waals surface area contributed by atoms with Crippen LogP contribution in [-0.2, 0) is 11.3 Å². The average molecular weight is 335 g/mol. The Labute approximate surface area is 142 Å². The van der Waals surface area contributed by atoms with Gasteiger partial charge >= 0.3 is 6.03 Å². The van der Waals surface area contributed by atoms with Crippen LogP contribution >= 0.6 is 0 Å². The minimum Gasteiger partial charge on any atom is -0.484 e. The fraction of sp³-hybridized carbons (Fsp3) is 0.529. The molecule has 2 N–H and O–H groups in total. The van der Waals surface area contributed by atoms with Gasteiger partial charge in [0, 0.05) is 27.2 Å². The van der Waals surface area contributed by atoms with Crippen molar-refractivity contribution >= 4 is 11.9 Å². The molecule has 0 aromatic heterocycles. The number of nitrogens with one attached hydrogen (secondary N) is 1. The molecule has 0 bridgehead atoms. The summed E-state index contributed by atoms with van der Waals surface area (Å²) >= 11 is 0. The second-order valence-electron chi connectivity index (χ2n) is 6.55. The van der Waals surface area contributed by atoms with Crippen LogP contribution in [0.2, 0.25) is 0 Å². The molecule has 7 nitrogen and oxygen atoms in total. The van der Waals surface area contributed by atoms with Crippen LogP contribution in [0.15, 0.2) is 24.3 Å². The quantitative estimate of drug-likeness (QED) is 0.835. The predicted molar refractivity (Wildman–Crippen MR) is 89.7 cm³/mol. The van der Waals surface area contributed by atoms with Gasteiger partial charge in [0.05, 0.1) is 12.1 Å². The van der Waals surface area contributed by atoms with E-state index in [2.05, 4.69) is 5.32 Å². The second kappa shape index (κ2) is 7.53. The SMILES string of the molecule is CN(C)C(=O)COc1cccc(CNC(=O)N2CCC(C)(O)C2)c1. The van der Waals surface area contributed by atoms with E-state index in [1.807, 2.05) is 12.1 Å². The van der Waals surface area contributed by atoms with Gasteiger partial charge in [-0.1, -0.05) is 12.1 Å². The zero-order valence-corrected chi connectivity index (χ0v) is 14.4. The molecular formula is C17H25N3O4. The molecule has 7 heteroatoms. The van der Waals surface area contributed by atoms with E-state index in [-0.39, 0.29) is 18.5 Å². The zero-order chi connectivity index (χ0) is 17.7. The lowest BCUT2D eigenvalue weighted by Crippen LogP contribution is -2.40. The summed E-state index contributed by atoms with van der Waals surface area (Å²) in [5.41, 5.74) is 0.0773. The molecule has 1 unspecified atom stereocenters. The number of hydrogen-bond acceptors (Lipinski definition) is 4. The summed E-state index contributed by atoms with van der Waals surface area (Å²) < 4.78 is 5.46. The van der Waals surface area contributed by atoms with Crippen molar-refractivity contribution in [3.63, 3.8) is 0 Å². The maximum Gasteiger partial charge on any atom is 0.317 e. The van der Waals surface area contributed by atoms with Crippen molar-refractivity contribution in [2.24, 2.45) is 0 Å². The molecule has 1 aliphatic heterocycles. The fourth-order valence-electron chi connectivity index (χ4n) is 2.43. The van der Waals surface area contributed by atoms with Gasteiger partial charge in [0.1, 0.15) is 5.75 Å². The van der Waals surface area contributed by atoms with Crippen molar-refractivity contribution in [1.29, 1.82) is 0 Å². The topological polar surface area (TPSA) is 82.1 Å². The van der Waals surface area contributed by atoms with Gasteiger partial charge in [-0.15, -0.1) is 0 Å². The number of benzene rings is 1. The molecule has 1 atom stereocenters. The van der Waals surface area contributed by atoms with Gasteiger partial charge in [-0.2, -0.15) is 0 Å². The Balaban J connectivity index is 1.84. The third kappa shape index (κ3) is 5.13. The molecule has 1 heterocycles. The largest absolute Gasteiger partial charge is 0.484 e. The number of likely N-dealkylation sites (N-methyl/N-ethyl adjacent to an activating group) is 1. The summed E-state index contributed by atoms with van der Waals surface area (Å²) in [7, 11) is 3.35. The van der Waals surface area contributed by atoms with Crippen LogP contribution in [0.4, 0.5) is 4.79 Å². The Morgan fingerprint density at radius 3 is 2.79 bits per heavy atom. The van der Waals surface area contributed by atoms with Crippen molar-refractivity contribution in [3.05, 3.63) is 29.8 Å². The lowest BCUT2D eigenvalue weighted by Gasteiger charge is -2.19. The standard InChI is InChI=1S/C17H25N3O4/c1-17(23)7-8-20(12-17)16(22)18-10-13-5-4-6-14(9-13)24-11-15(21)19(2)3/h4-6,9,23H,7-8,10-12H2,1-3H3,(H,18,22). The number of hydrogen-bond donors (Lipinski definition) is 2. The van der Waals surface area contributed by atoms with Crippen molar-refractivity contribution in [2.75, 3.05) is 33.8 Å². The molecule has 24 heavy (non-hydrogen) atoms. The summed E-state index contributed by atoms with van der Waals surface area (Å²) in [6.45, 7) is 2.96. The van der Waals surface area contributed by atoms with E-state index >= 15 is 0 Å². The minimum absolute atomic E-state index is 0.0221. The Bertz CT molecular complexity index is 601. The van der Waals surface area contributed by atoms with E-state index in [4.69, 9.17) is 4.74 Å². The highest BCUT2D eigenvalue weighted by Gasteiger charge is 2.33. The number of carbonyl (C=O) groups is 2. The van der Waals surface area contributed by atoms with E-state index in [0.717, 1.165) is 5.56 Å². The molecule has 1 saturated heterocycles. The average Bonchev–Trinajstić information content (AvgIpc) is 2.90. The highest BCUT2D eigenvalue weighted by atomic mass is 16.5. The van der Waals surface area contributed by atoms with Gasteiger partial charge in [-0.25, -0.2) is 4.79 Å². The number of urea groups is 1. The van der Waals surface area contributed by atoms with Crippen LogP contribution in [0.1, 0.15) is 18.9 Å². The first kappa shape index (κ1) is 18.1. The van der Waals surface area contributed by atoms with Gasteiger partial charge in [0.25, 0.3) is 5.91 Å². The first-order chi connectivity index (χ1) is 11.3. The molecule has 1 aromatic rings. The summed E-state index contributed by atoms with van der Waals surface area (Å²) in [5, 5.41) is 12.7. The minimum atomic E-state index is -0.802. The van der Waals surface area contributed by atoms with Crippen LogP contribution in [0.25, 0.3) is 0 Å². The smallest absolute Gasteiger partial charge is 0.317 e. The number of carbonyl (C=O) groups excluding carboxylic acids is 2. The molecule has 1 aromatic carbocycles. The van der Waals surface area contributed by atoms with E-state index in [9.17, 15) is 14.7 Å². The van der Waals surface area contributed by atoms with Crippen LogP contribution in [0, 0.1) is 0 Å². The summed E-state index contributed by atoms with van der Waals surface area (Å²) in [6.07, 6.45) is 0.587. The van der Waals surface area contributed by atoms with Crippen LogP contribution in [0.5, 0.6) is 5.75 Å². The van der Waals surface area contributed by atoms with E-state index in [0.29, 0.717) is 31.8 Å².